The molecule has 0 aliphatic carbocycles. The number of carbonyl (C=O) groups excluding carboxylic acids is 1. The molecule has 3 aromatic heterocycles. The first-order chi connectivity index (χ1) is 15.9. The number of amides is 1. The number of hydrazone groups is 1. The number of hydrogen-bond donors (Lipinski definition) is 2. The number of nitrogens with one attached hydrogen (secondary N) is 1. The van der Waals surface area contributed by atoms with Gasteiger partial charge in [-0.05, 0) is 28.0 Å². The van der Waals surface area contributed by atoms with Crippen molar-refractivity contribution in [3.8, 4) is 5.82 Å². The smallest absolute Gasteiger partial charge is 0.293 e. The summed E-state index contributed by atoms with van der Waals surface area (Å²) < 4.78 is 7.70. The lowest BCUT2D eigenvalue weighted by atomic mass is 10.2. The lowest BCUT2D eigenvalue weighted by molar-refractivity contribution is 0.0949. The standard InChI is InChI=1S/C18H20N12O2S/c1-28(2)12-6-4-11(5-7-12)8-20-23-17(31)14-13(9-33-18-24-21-10-29(18)3)30(27-22-14)16-15(19)25-32-26-16/h4-8,10H,9H2,1-3H3,(H2,19,25)(H,23,31). The van der Waals surface area contributed by atoms with Crippen LogP contribution in [-0.4, -0.2) is 66.3 Å². The Morgan fingerprint density at radius 1 is 1.27 bits per heavy atom. The van der Waals surface area contributed by atoms with E-state index in [9.17, 15) is 4.79 Å². The van der Waals surface area contributed by atoms with Gasteiger partial charge < -0.3 is 15.2 Å². The monoisotopic (exact) mass is 468 g/mol. The van der Waals surface area contributed by atoms with Gasteiger partial charge in [-0.15, -0.1) is 15.3 Å². The van der Waals surface area contributed by atoms with Gasteiger partial charge in [0.1, 0.15) is 6.33 Å². The van der Waals surface area contributed by atoms with Crippen LogP contribution in [0, 0.1) is 0 Å². The van der Waals surface area contributed by atoms with Crippen LogP contribution in [0.3, 0.4) is 0 Å². The van der Waals surface area contributed by atoms with Gasteiger partial charge in [0.25, 0.3) is 5.91 Å². The van der Waals surface area contributed by atoms with E-state index in [0.29, 0.717) is 10.9 Å². The minimum atomic E-state index is -0.550. The van der Waals surface area contributed by atoms with Crippen molar-refractivity contribution >= 4 is 35.4 Å². The van der Waals surface area contributed by atoms with Crippen LogP contribution >= 0.6 is 11.8 Å². The Kier molecular flexibility index (Phi) is 6.30. The molecule has 15 heteroatoms. The molecule has 0 unspecified atom stereocenters. The molecule has 170 valence electrons. The molecule has 1 aromatic carbocycles. The summed E-state index contributed by atoms with van der Waals surface area (Å²) in [6, 6.07) is 7.69. The van der Waals surface area contributed by atoms with Crippen LogP contribution in [0.15, 0.2) is 45.5 Å². The fraction of sp³-hybridized carbons (Fsp3) is 0.222. The molecule has 0 bridgehead atoms. The van der Waals surface area contributed by atoms with Crippen LogP contribution < -0.4 is 16.1 Å². The van der Waals surface area contributed by atoms with Gasteiger partial charge in [-0.25, -0.2) is 10.1 Å². The molecule has 0 saturated heterocycles. The lowest BCUT2D eigenvalue weighted by Gasteiger charge is -2.11. The van der Waals surface area contributed by atoms with E-state index >= 15 is 0 Å². The van der Waals surface area contributed by atoms with Crippen LogP contribution in [0.5, 0.6) is 0 Å². The van der Waals surface area contributed by atoms with Crippen molar-refractivity contribution in [1.82, 2.24) is 45.5 Å². The molecule has 0 aliphatic rings. The van der Waals surface area contributed by atoms with Crippen LogP contribution in [0.4, 0.5) is 11.5 Å². The predicted octanol–water partition coefficient (Wildman–Crippen LogP) is 0.483. The third kappa shape index (κ3) is 4.82. The molecular formula is C18H20N12O2S. The molecule has 4 aromatic rings. The Balaban J connectivity index is 1.54. The molecule has 3 heterocycles. The molecule has 1 amide bonds. The number of aromatic nitrogens is 8. The van der Waals surface area contributed by atoms with E-state index in [4.69, 9.17) is 5.73 Å². The van der Waals surface area contributed by atoms with E-state index in [-0.39, 0.29) is 23.1 Å². The molecule has 0 aliphatic heterocycles. The topological polar surface area (TPSA) is 171 Å². The fourth-order valence-electron chi connectivity index (χ4n) is 2.73. The zero-order valence-electron chi connectivity index (χ0n) is 17.9. The Hall–Kier alpha value is -4.27. The Morgan fingerprint density at radius 3 is 2.70 bits per heavy atom. The van der Waals surface area contributed by atoms with E-state index in [1.807, 2.05) is 50.3 Å². The summed E-state index contributed by atoms with van der Waals surface area (Å²) in [5.74, 6) is -0.147. The van der Waals surface area contributed by atoms with Gasteiger partial charge >= 0.3 is 0 Å². The van der Waals surface area contributed by atoms with E-state index < -0.39 is 5.91 Å². The largest absolute Gasteiger partial charge is 0.378 e. The van der Waals surface area contributed by atoms with Crippen LogP contribution in [0.1, 0.15) is 21.7 Å². The minimum absolute atomic E-state index is 0.0101. The molecule has 0 spiro atoms. The second kappa shape index (κ2) is 9.47. The van der Waals surface area contributed by atoms with E-state index in [1.165, 1.54) is 22.7 Å². The fourth-order valence-corrected chi connectivity index (χ4v) is 3.61. The van der Waals surface area contributed by atoms with Crippen molar-refractivity contribution in [2.45, 2.75) is 10.9 Å². The summed E-state index contributed by atoms with van der Waals surface area (Å²) in [7, 11) is 5.73. The van der Waals surface area contributed by atoms with Crippen LogP contribution in [-0.2, 0) is 12.8 Å². The highest BCUT2D eigenvalue weighted by Gasteiger charge is 2.24. The number of rotatable bonds is 8. The van der Waals surface area contributed by atoms with Crippen molar-refractivity contribution < 1.29 is 9.42 Å². The van der Waals surface area contributed by atoms with Crippen molar-refractivity contribution in [2.24, 2.45) is 12.1 Å². The van der Waals surface area contributed by atoms with E-state index in [0.717, 1.165) is 11.3 Å². The molecule has 0 saturated carbocycles. The van der Waals surface area contributed by atoms with E-state index in [2.05, 4.69) is 46.0 Å². The number of nitrogen functional groups attached to an aromatic ring is 1. The van der Waals surface area contributed by atoms with Gasteiger partial charge in [0.15, 0.2) is 10.9 Å². The second-order valence-corrected chi connectivity index (χ2v) is 7.91. The van der Waals surface area contributed by atoms with Crippen molar-refractivity contribution in [2.75, 3.05) is 24.7 Å². The number of carbonyl (C=O) groups is 1. The van der Waals surface area contributed by atoms with Gasteiger partial charge in [-0.3, -0.25) is 4.79 Å². The first-order valence-corrected chi connectivity index (χ1v) is 10.5. The number of aryl methyl sites for hydroxylation is 1. The summed E-state index contributed by atoms with van der Waals surface area (Å²) in [5, 5.41) is 27.8. The van der Waals surface area contributed by atoms with Gasteiger partial charge in [0, 0.05) is 32.6 Å². The molecule has 0 radical (unpaired) electrons. The van der Waals surface area contributed by atoms with E-state index in [1.54, 1.807) is 10.9 Å². The first kappa shape index (κ1) is 21.9. The highest BCUT2D eigenvalue weighted by molar-refractivity contribution is 7.98. The highest BCUT2D eigenvalue weighted by atomic mass is 32.2. The minimum Gasteiger partial charge on any atom is -0.378 e. The quantitative estimate of drug-likeness (QED) is 0.209. The average molecular weight is 469 g/mol. The van der Waals surface area contributed by atoms with Gasteiger partial charge in [-0.1, -0.05) is 29.1 Å². The number of hydrogen-bond acceptors (Lipinski definition) is 12. The molecule has 0 fully saturated rings. The normalized spacial score (nSPS) is 11.2. The summed E-state index contributed by atoms with van der Waals surface area (Å²) >= 11 is 1.33. The maximum atomic E-state index is 12.8. The SMILES string of the molecule is CN(C)c1ccc(C=NNC(=O)c2nnn(-c3nonc3N)c2CSc2nncn2C)cc1. The first-order valence-electron chi connectivity index (χ1n) is 9.54. The predicted molar refractivity (Wildman–Crippen MR) is 120 cm³/mol. The van der Waals surface area contributed by atoms with Gasteiger partial charge in [0.2, 0.25) is 11.6 Å². The Bertz CT molecular complexity index is 1270. The Labute approximate surface area is 191 Å². The number of benzene rings is 1. The van der Waals surface area contributed by atoms with Crippen LogP contribution in [0.2, 0.25) is 0 Å². The summed E-state index contributed by atoms with van der Waals surface area (Å²) in [6.07, 6.45) is 3.11. The maximum absolute atomic E-state index is 12.8. The number of thioether (sulfide) groups is 1. The molecule has 33 heavy (non-hydrogen) atoms. The van der Waals surface area contributed by atoms with Crippen molar-refractivity contribution in [3.05, 3.63) is 47.5 Å². The molecule has 14 nitrogen and oxygen atoms in total. The zero-order valence-corrected chi connectivity index (χ0v) is 18.8. The van der Waals surface area contributed by atoms with Crippen LogP contribution in [0.25, 0.3) is 5.82 Å². The summed E-state index contributed by atoms with van der Waals surface area (Å²) in [6.45, 7) is 0. The zero-order chi connectivity index (χ0) is 23.4. The van der Waals surface area contributed by atoms with Crippen molar-refractivity contribution in [3.63, 3.8) is 0 Å². The third-order valence-corrected chi connectivity index (χ3v) is 5.52. The summed E-state index contributed by atoms with van der Waals surface area (Å²) in [5.41, 5.74) is 10.6. The molecule has 3 N–H and O–H groups in total. The highest BCUT2D eigenvalue weighted by Crippen LogP contribution is 2.24. The van der Waals surface area contributed by atoms with Gasteiger partial charge in [-0.2, -0.15) is 9.78 Å². The Morgan fingerprint density at radius 2 is 2.06 bits per heavy atom. The summed E-state index contributed by atoms with van der Waals surface area (Å²) in [4.78, 5) is 14.8. The maximum Gasteiger partial charge on any atom is 0.293 e. The van der Waals surface area contributed by atoms with Gasteiger partial charge in [0.05, 0.1) is 11.9 Å². The number of nitrogens with zero attached hydrogens (tertiary/aromatic N) is 10. The molecule has 0 atom stereocenters. The number of anilines is 2. The average Bonchev–Trinajstić information content (AvgIpc) is 3.52. The lowest BCUT2D eigenvalue weighted by Crippen LogP contribution is -2.20. The third-order valence-electron chi connectivity index (χ3n) is 4.47. The van der Waals surface area contributed by atoms with Crippen molar-refractivity contribution in [1.29, 1.82) is 0 Å². The molecular weight excluding hydrogens is 448 g/mol. The molecule has 4 rings (SSSR count). The second-order valence-electron chi connectivity index (χ2n) is 6.97. The number of nitrogens with two attached hydrogens (primary N) is 1.